The summed E-state index contributed by atoms with van der Waals surface area (Å²) in [5, 5.41) is -0.407. The van der Waals surface area contributed by atoms with Gasteiger partial charge in [0.15, 0.2) is 0 Å². The van der Waals surface area contributed by atoms with Crippen LogP contribution in [0.25, 0.3) is 0 Å². The second-order valence-electron chi connectivity index (χ2n) is 2.51. The zero-order chi connectivity index (χ0) is 7.78. The van der Waals surface area contributed by atoms with E-state index in [2.05, 4.69) is 0 Å². The van der Waals surface area contributed by atoms with E-state index in [9.17, 15) is 8.42 Å². The van der Waals surface area contributed by atoms with Crippen LogP contribution in [0.5, 0.6) is 0 Å². The van der Waals surface area contributed by atoms with Crippen LogP contribution in [0.1, 0.15) is 19.3 Å². The van der Waals surface area contributed by atoms with Crippen LogP contribution in [-0.2, 0) is 9.05 Å². The monoisotopic (exact) mass is 202 g/mol. The molecule has 0 aromatic rings. The lowest BCUT2D eigenvalue weighted by Gasteiger charge is -2.01. The first-order valence-corrected chi connectivity index (χ1v) is 5.88. The van der Waals surface area contributed by atoms with Gasteiger partial charge in [-0.1, -0.05) is 0 Å². The molecule has 5 heteroatoms. The van der Waals surface area contributed by atoms with Crippen LogP contribution in [0.4, 0.5) is 0 Å². The van der Waals surface area contributed by atoms with E-state index < -0.39 is 14.3 Å². The topological polar surface area (TPSA) is 34.1 Å². The SMILES string of the molecule is O=S(=O)(Cl)C1CCC(Cl)C1. The number of hydrogen-bond acceptors (Lipinski definition) is 2. The van der Waals surface area contributed by atoms with E-state index in [1.54, 1.807) is 0 Å². The maximum Gasteiger partial charge on any atom is 0.235 e. The van der Waals surface area contributed by atoms with Crippen LogP contribution in [0.2, 0.25) is 0 Å². The van der Waals surface area contributed by atoms with Gasteiger partial charge in [-0.3, -0.25) is 0 Å². The Hall–Kier alpha value is 0.530. The van der Waals surface area contributed by atoms with Crippen molar-refractivity contribution in [3.05, 3.63) is 0 Å². The Kier molecular flexibility index (Phi) is 2.48. The maximum atomic E-state index is 10.7. The summed E-state index contributed by atoms with van der Waals surface area (Å²) in [5.41, 5.74) is 0. The van der Waals surface area contributed by atoms with Gasteiger partial charge < -0.3 is 0 Å². The van der Waals surface area contributed by atoms with Gasteiger partial charge in [0.2, 0.25) is 9.05 Å². The Balaban J connectivity index is 2.62. The molecule has 1 fully saturated rings. The Labute approximate surface area is 69.9 Å². The van der Waals surface area contributed by atoms with Crippen molar-refractivity contribution in [2.45, 2.75) is 29.9 Å². The summed E-state index contributed by atoms with van der Waals surface area (Å²) in [5.74, 6) is 0. The molecule has 0 aromatic carbocycles. The summed E-state index contributed by atoms with van der Waals surface area (Å²) in [6.45, 7) is 0. The molecule has 1 rings (SSSR count). The highest BCUT2D eigenvalue weighted by molar-refractivity contribution is 8.14. The second-order valence-corrected chi connectivity index (χ2v) is 6.03. The molecule has 10 heavy (non-hydrogen) atoms. The zero-order valence-electron chi connectivity index (χ0n) is 5.26. The first-order valence-electron chi connectivity index (χ1n) is 3.07. The number of hydrogen-bond donors (Lipinski definition) is 0. The molecule has 0 heterocycles. The van der Waals surface area contributed by atoms with E-state index in [0.717, 1.165) is 6.42 Å². The number of rotatable bonds is 1. The Morgan fingerprint density at radius 1 is 1.30 bits per heavy atom. The van der Waals surface area contributed by atoms with Crippen LogP contribution < -0.4 is 0 Å². The molecule has 2 unspecified atom stereocenters. The molecule has 0 spiro atoms. The summed E-state index contributed by atoms with van der Waals surface area (Å²) in [7, 11) is 1.77. The highest BCUT2D eigenvalue weighted by atomic mass is 35.7. The Morgan fingerprint density at radius 3 is 2.10 bits per heavy atom. The molecule has 60 valence electrons. The zero-order valence-corrected chi connectivity index (χ0v) is 7.59. The van der Waals surface area contributed by atoms with Crippen molar-refractivity contribution >= 4 is 31.3 Å². The van der Waals surface area contributed by atoms with Gasteiger partial charge in [-0.25, -0.2) is 8.42 Å². The van der Waals surface area contributed by atoms with Gasteiger partial charge in [-0.15, -0.1) is 11.6 Å². The third kappa shape index (κ3) is 2.01. The minimum absolute atomic E-state index is 0.00137. The molecule has 1 aliphatic carbocycles. The van der Waals surface area contributed by atoms with Gasteiger partial charge in [0, 0.05) is 16.1 Å². The summed E-state index contributed by atoms with van der Waals surface area (Å²) >= 11 is 5.69. The first kappa shape index (κ1) is 8.62. The molecular weight excluding hydrogens is 195 g/mol. The van der Waals surface area contributed by atoms with E-state index in [1.165, 1.54) is 0 Å². The van der Waals surface area contributed by atoms with Gasteiger partial charge >= 0.3 is 0 Å². The lowest BCUT2D eigenvalue weighted by Crippen LogP contribution is -2.11. The Bertz CT molecular complexity index is 212. The van der Waals surface area contributed by atoms with Crippen molar-refractivity contribution in [2.75, 3.05) is 0 Å². The largest absolute Gasteiger partial charge is 0.235 e. The average molecular weight is 203 g/mol. The quantitative estimate of drug-likeness (QED) is 0.480. The highest BCUT2D eigenvalue weighted by Gasteiger charge is 2.31. The standard InChI is InChI=1S/C5H8Cl2O2S/c6-4-1-2-5(3-4)10(7,8)9/h4-5H,1-3H2. The van der Waals surface area contributed by atoms with Gasteiger partial charge in [-0.2, -0.15) is 0 Å². The third-order valence-electron chi connectivity index (χ3n) is 1.72. The van der Waals surface area contributed by atoms with E-state index in [-0.39, 0.29) is 5.38 Å². The fourth-order valence-corrected chi connectivity index (χ4v) is 2.96. The maximum absolute atomic E-state index is 10.7. The van der Waals surface area contributed by atoms with Gasteiger partial charge in [0.1, 0.15) is 0 Å². The van der Waals surface area contributed by atoms with Crippen molar-refractivity contribution in [3.8, 4) is 0 Å². The molecule has 1 saturated carbocycles. The van der Waals surface area contributed by atoms with E-state index in [0.29, 0.717) is 12.8 Å². The lowest BCUT2D eigenvalue weighted by molar-refractivity contribution is 0.594. The Morgan fingerprint density at radius 2 is 1.90 bits per heavy atom. The van der Waals surface area contributed by atoms with Crippen LogP contribution in [0, 0.1) is 0 Å². The van der Waals surface area contributed by atoms with E-state index >= 15 is 0 Å². The summed E-state index contributed by atoms with van der Waals surface area (Å²) in [6, 6.07) is 0. The molecule has 0 radical (unpaired) electrons. The summed E-state index contributed by atoms with van der Waals surface area (Å²) in [4.78, 5) is 0. The highest BCUT2D eigenvalue weighted by Crippen LogP contribution is 2.30. The predicted octanol–water partition coefficient (Wildman–Crippen LogP) is 1.71. The first-order chi connectivity index (χ1) is 4.50. The lowest BCUT2D eigenvalue weighted by atomic mass is 10.4. The van der Waals surface area contributed by atoms with E-state index in [4.69, 9.17) is 22.3 Å². The van der Waals surface area contributed by atoms with E-state index in [1.807, 2.05) is 0 Å². The molecule has 0 saturated heterocycles. The third-order valence-corrected chi connectivity index (χ3v) is 4.10. The molecule has 0 aliphatic heterocycles. The van der Waals surface area contributed by atoms with Gasteiger partial charge in [0.25, 0.3) is 0 Å². The molecule has 0 amide bonds. The molecule has 2 nitrogen and oxygen atoms in total. The molecule has 0 N–H and O–H groups in total. The van der Waals surface area contributed by atoms with Crippen LogP contribution in [-0.4, -0.2) is 19.0 Å². The minimum Gasteiger partial charge on any atom is -0.212 e. The summed E-state index contributed by atoms with van der Waals surface area (Å²) < 4.78 is 21.4. The van der Waals surface area contributed by atoms with Crippen molar-refractivity contribution < 1.29 is 8.42 Å². The van der Waals surface area contributed by atoms with Crippen molar-refractivity contribution in [1.82, 2.24) is 0 Å². The molecule has 2 atom stereocenters. The molecule has 1 aliphatic rings. The number of halogens is 2. The molecular formula is C5H8Cl2O2S. The fraction of sp³-hybridized carbons (Fsp3) is 1.00. The second kappa shape index (κ2) is 2.88. The molecule has 0 bridgehead atoms. The van der Waals surface area contributed by atoms with Gasteiger partial charge in [-0.05, 0) is 19.3 Å². The average Bonchev–Trinajstić information content (AvgIpc) is 2.11. The normalized spacial score (nSPS) is 34.6. The van der Waals surface area contributed by atoms with Crippen LogP contribution >= 0.6 is 22.3 Å². The van der Waals surface area contributed by atoms with Gasteiger partial charge in [0.05, 0.1) is 5.25 Å². The predicted molar refractivity (Wildman–Crippen MR) is 42.1 cm³/mol. The van der Waals surface area contributed by atoms with Crippen LogP contribution in [0.15, 0.2) is 0 Å². The van der Waals surface area contributed by atoms with Crippen molar-refractivity contribution in [3.63, 3.8) is 0 Å². The van der Waals surface area contributed by atoms with Crippen molar-refractivity contribution in [1.29, 1.82) is 0 Å². The van der Waals surface area contributed by atoms with Crippen molar-refractivity contribution in [2.24, 2.45) is 0 Å². The smallest absolute Gasteiger partial charge is 0.212 e. The number of alkyl halides is 1. The van der Waals surface area contributed by atoms with Crippen LogP contribution in [0.3, 0.4) is 0 Å². The fourth-order valence-electron chi connectivity index (χ4n) is 1.14. The molecule has 0 aromatic heterocycles. The minimum atomic E-state index is -3.35. The summed E-state index contributed by atoms with van der Waals surface area (Å²) in [6.07, 6.45) is 1.88.